The van der Waals surface area contributed by atoms with Crippen molar-refractivity contribution >= 4 is 23.6 Å². The average molecular weight is 649 g/mol. The third kappa shape index (κ3) is 7.59. The molecule has 2 aromatic rings. The first kappa shape index (κ1) is 32.9. The zero-order valence-corrected chi connectivity index (χ0v) is 27.0. The van der Waals surface area contributed by atoms with Crippen molar-refractivity contribution in [2.24, 2.45) is 0 Å². The minimum atomic E-state index is -0.790. The summed E-state index contributed by atoms with van der Waals surface area (Å²) in [5, 5.41) is 9.61. The molecule has 5 heterocycles. The van der Waals surface area contributed by atoms with Crippen LogP contribution in [0.2, 0.25) is 0 Å². The second-order valence-electron chi connectivity index (χ2n) is 13.1. The standard InChI is InChI=1S/C35H45FN6O5/c1-47-28-6-2-5-23(19-28)21-38-29-7-3-15-37-32(43)31-20-26(22-42(31)34(45)24-9-11-25(36)12-10-24)39-33(44)30-8-4-16-41(30)27-13-17-40(18-14-27)35(29)46/h2,5-6,9-12,19,26-27,29-31,38H,3-4,7-8,13-18,20-22H2,1H3,(H,37,43)(H,39,44)/t26-,29+,30+,31-/m1/s1. The van der Waals surface area contributed by atoms with E-state index in [1.807, 2.05) is 29.2 Å². The molecule has 0 aliphatic carbocycles. The first-order valence-corrected chi connectivity index (χ1v) is 16.9. The number of likely N-dealkylation sites (tertiary alicyclic amines) is 1. The Morgan fingerprint density at radius 1 is 0.957 bits per heavy atom. The Labute approximate surface area is 275 Å². The number of carbonyl (C=O) groups excluding carboxylic acids is 4. The highest BCUT2D eigenvalue weighted by Gasteiger charge is 2.43. The lowest BCUT2D eigenvalue weighted by atomic mass is 10.00. The zero-order chi connectivity index (χ0) is 32.9. The van der Waals surface area contributed by atoms with Crippen LogP contribution in [0.5, 0.6) is 5.75 Å². The van der Waals surface area contributed by atoms with Crippen molar-refractivity contribution < 1.29 is 28.3 Å². The molecule has 11 nitrogen and oxygen atoms in total. The number of nitrogens with one attached hydrogen (secondary N) is 3. The van der Waals surface area contributed by atoms with E-state index in [1.54, 1.807) is 7.11 Å². The lowest BCUT2D eigenvalue weighted by molar-refractivity contribution is -0.136. The van der Waals surface area contributed by atoms with Crippen LogP contribution in [0.25, 0.3) is 0 Å². The van der Waals surface area contributed by atoms with Crippen LogP contribution in [0.15, 0.2) is 48.5 Å². The maximum atomic E-state index is 13.9. The SMILES string of the molecule is COc1cccc(CN[C@H]2CCCNC(=O)[C@H]3C[C@H](CN3C(=O)c3ccc(F)cc3)NC(=O)[C@@H]3CCCN3C3CCN(CC3)C2=O)c1. The topological polar surface area (TPSA) is 123 Å². The maximum absolute atomic E-state index is 13.9. The van der Waals surface area contributed by atoms with Gasteiger partial charge in [0.25, 0.3) is 5.91 Å². The first-order chi connectivity index (χ1) is 22.8. The molecule has 47 heavy (non-hydrogen) atoms. The van der Waals surface area contributed by atoms with Crippen molar-refractivity contribution in [3.8, 4) is 5.75 Å². The van der Waals surface area contributed by atoms with Gasteiger partial charge in [-0.15, -0.1) is 0 Å². The van der Waals surface area contributed by atoms with Gasteiger partial charge in [0.1, 0.15) is 17.6 Å². The normalized spacial score (nSPS) is 27.5. The highest BCUT2D eigenvalue weighted by Crippen LogP contribution is 2.28. The maximum Gasteiger partial charge on any atom is 0.254 e. The molecule has 12 heteroatoms. The summed E-state index contributed by atoms with van der Waals surface area (Å²) >= 11 is 0. The van der Waals surface area contributed by atoms with Gasteiger partial charge in [-0.1, -0.05) is 12.1 Å². The van der Waals surface area contributed by atoms with E-state index in [1.165, 1.54) is 29.2 Å². The van der Waals surface area contributed by atoms with Gasteiger partial charge in [0, 0.05) is 50.4 Å². The molecule has 0 spiro atoms. The van der Waals surface area contributed by atoms with Crippen LogP contribution < -0.4 is 20.7 Å². The second kappa shape index (κ2) is 14.8. The molecule has 0 aromatic heterocycles. The molecule has 0 unspecified atom stereocenters. The molecule has 3 N–H and O–H groups in total. The van der Waals surface area contributed by atoms with Crippen molar-refractivity contribution in [3.63, 3.8) is 0 Å². The number of amides is 4. The minimum absolute atomic E-state index is 0.0456. The third-order valence-corrected chi connectivity index (χ3v) is 10.1. The number of benzene rings is 2. The fourth-order valence-corrected chi connectivity index (χ4v) is 7.59. The number of rotatable bonds is 5. The van der Waals surface area contributed by atoms with Crippen molar-refractivity contribution in [1.82, 2.24) is 30.7 Å². The van der Waals surface area contributed by atoms with Crippen molar-refractivity contribution in [2.45, 2.75) is 81.7 Å². The van der Waals surface area contributed by atoms with Gasteiger partial charge in [-0.25, -0.2) is 4.39 Å². The van der Waals surface area contributed by atoms with E-state index >= 15 is 0 Å². The predicted octanol–water partition coefficient (Wildman–Crippen LogP) is 2.06. The Kier molecular flexibility index (Phi) is 10.4. The monoisotopic (exact) mass is 648 g/mol. The van der Waals surface area contributed by atoms with Crippen LogP contribution in [0.4, 0.5) is 4.39 Å². The number of methoxy groups -OCH3 is 1. The van der Waals surface area contributed by atoms with Crippen LogP contribution in [0.1, 0.15) is 60.9 Å². The number of piperidine rings is 1. The molecular weight excluding hydrogens is 603 g/mol. The lowest BCUT2D eigenvalue weighted by Gasteiger charge is -2.40. The summed E-state index contributed by atoms with van der Waals surface area (Å²) in [6.07, 6.45) is 4.64. The molecule has 4 amide bonds. The Bertz CT molecular complexity index is 1450. The van der Waals surface area contributed by atoms with Crippen molar-refractivity contribution in [2.75, 3.05) is 39.8 Å². The van der Waals surface area contributed by atoms with Gasteiger partial charge in [0.2, 0.25) is 17.7 Å². The summed E-state index contributed by atoms with van der Waals surface area (Å²) in [4.78, 5) is 60.4. The Morgan fingerprint density at radius 2 is 1.74 bits per heavy atom. The molecule has 4 atom stereocenters. The number of fused-ring (bicyclic) bond motifs is 9. The Morgan fingerprint density at radius 3 is 2.51 bits per heavy atom. The number of halogens is 1. The fourth-order valence-electron chi connectivity index (χ4n) is 7.59. The lowest BCUT2D eigenvalue weighted by Crippen LogP contribution is -2.55. The van der Waals surface area contributed by atoms with Crippen LogP contribution in [0, 0.1) is 5.82 Å². The number of hydrogen-bond donors (Lipinski definition) is 3. The van der Waals surface area contributed by atoms with Crippen LogP contribution >= 0.6 is 0 Å². The summed E-state index contributed by atoms with van der Waals surface area (Å²) in [6, 6.07) is 11.3. The zero-order valence-electron chi connectivity index (χ0n) is 27.0. The number of nitrogens with zero attached hydrogens (tertiary/aromatic N) is 3. The van der Waals surface area contributed by atoms with Gasteiger partial charge in [-0.05, 0) is 93.5 Å². The van der Waals surface area contributed by atoms with Gasteiger partial charge in [-0.3, -0.25) is 24.1 Å². The molecule has 0 saturated carbocycles. The van der Waals surface area contributed by atoms with Gasteiger partial charge in [0.05, 0.1) is 19.2 Å². The molecule has 5 fully saturated rings. The predicted molar refractivity (Wildman–Crippen MR) is 173 cm³/mol. The molecule has 5 aliphatic heterocycles. The summed E-state index contributed by atoms with van der Waals surface area (Å²) in [5.41, 5.74) is 1.29. The summed E-state index contributed by atoms with van der Waals surface area (Å²) in [7, 11) is 1.62. The van der Waals surface area contributed by atoms with E-state index in [2.05, 4.69) is 20.9 Å². The average Bonchev–Trinajstić information content (AvgIpc) is 3.76. The molecule has 7 rings (SSSR count). The summed E-state index contributed by atoms with van der Waals surface area (Å²) in [6.45, 7) is 3.10. The highest BCUT2D eigenvalue weighted by atomic mass is 19.1. The van der Waals surface area contributed by atoms with Gasteiger partial charge in [-0.2, -0.15) is 0 Å². The Balaban J connectivity index is 1.21. The number of carbonyl (C=O) groups is 4. The first-order valence-electron chi connectivity index (χ1n) is 16.9. The molecule has 252 valence electrons. The van der Waals surface area contributed by atoms with Gasteiger partial charge < -0.3 is 30.5 Å². The van der Waals surface area contributed by atoms with E-state index in [0.717, 1.165) is 43.5 Å². The van der Waals surface area contributed by atoms with Gasteiger partial charge >= 0.3 is 0 Å². The van der Waals surface area contributed by atoms with Crippen molar-refractivity contribution in [1.29, 1.82) is 0 Å². The molecule has 2 aromatic carbocycles. The van der Waals surface area contributed by atoms with E-state index in [9.17, 15) is 23.6 Å². The van der Waals surface area contributed by atoms with E-state index < -0.39 is 17.9 Å². The summed E-state index contributed by atoms with van der Waals surface area (Å²) in [5.74, 6) is -0.425. The number of ether oxygens (including phenoxy) is 1. The Hall–Kier alpha value is -4.03. The molecule has 5 saturated heterocycles. The third-order valence-electron chi connectivity index (χ3n) is 10.1. The molecule has 4 bridgehead atoms. The highest BCUT2D eigenvalue weighted by molar-refractivity contribution is 5.98. The second-order valence-corrected chi connectivity index (χ2v) is 13.1. The largest absolute Gasteiger partial charge is 0.497 e. The fraction of sp³-hybridized carbons (Fsp3) is 0.543. The number of hydrogen-bond acceptors (Lipinski definition) is 7. The molecule has 5 aliphatic rings. The van der Waals surface area contributed by atoms with Gasteiger partial charge in [0.15, 0.2) is 0 Å². The summed E-state index contributed by atoms with van der Waals surface area (Å²) < 4.78 is 19.0. The van der Waals surface area contributed by atoms with Crippen molar-refractivity contribution in [3.05, 3.63) is 65.5 Å². The minimum Gasteiger partial charge on any atom is -0.497 e. The molecule has 0 radical (unpaired) electrons. The van der Waals surface area contributed by atoms with E-state index in [0.29, 0.717) is 45.4 Å². The van der Waals surface area contributed by atoms with Crippen LogP contribution in [0.3, 0.4) is 0 Å². The van der Waals surface area contributed by atoms with Crippen LogP contribution in [-0.4, -0.2) is 108 Å². The smallest absolute Gasteiger partial charge is 0.254 e. The van der Waals surface area contributed by atoms with E-state index in [4.69, 9.17) is 4.74 Å². The molecular formula is C35H45FN6O5. The van der Waals surface area contributed by atoms with Crippen LogP contribution in [-0.2, 0) is 20.9 Å². The quantitative estimate of drug-likeness (QED) is 0.454. The van der Waals surface area contributed by atoms with E-state index in [-0.39, 0.29) is 53.9 Å².